The van der Waals surface area contributed by atoms with Crippen molar-refractivity contribution in [1.82, 2.24) is 14.9 Å². The number of aromatic nitrogens is 2. The second-order valence-corrected chi connectivity index (χ2v) is 6.16. The van der Waals surface area contributed by atoms with Gasteiger partial charge in [-0.15, -0.1) is 11.3 Å². The molecule has 2 aromatic heterocycles. The summed E-state index contributed by atoms with van der Waals surface area (Å²) in [6, 6.07) is 1.79. The Bertz CT molecular complexity index is 654. The van der Waals surface area contributed by atoms with Gasteiger partial charge >= 0.3 is 5.97 Å². The van der Waals surface area contributed by atoms with Gasteiger partial charge in [0, 0.05) is 43.3 Å². The number of fused-ring (bicyclic) bond motifs is 1. The highest BCUT2D eigenvalue weighted by Crippen LogP contribution is 2.24. The number of carboxylic acids is 1. The monoisotopic (exact) mass is 289 g/mol. The quantitative estimate of drug-likeness (QED) is 0.937. The molecule has 0 saturated heterocycles. The molecule has 1 aliphatic heterocycles. The average molecular weight is 289 g/mol. The molecule has 1 aliphatic rings. The van der Waals surface area contributed by atoms with Gasteiger partial charge in [0.15, 0.2) is 0 Å². The van der Waals surface area contributed by atoms with E-state index in [1.165, 1.54) is 11.3 Å². The van der Waals surface area contributed by atoms with E-state index < -0.39 is 5.97 Å². The molecule has 3 rings (SSSR count). The van der Waals surface area contributed by atoms with Crippen molar-refractivity contribution in [3.05, 3.63) is 45.2 Å². The lowest BCUT2D eigenvalue weighted by Gasteiger charge is -2.27. The van der Waals surface area contributed by atoms with E-state index in [-0.39, 0.29) is 0 Å². The van der Waals surface area contributed by atoms with Crippen LogP contribution in [0.2, 0.25) is 0 Å². The van der Waals surface area contributed by atoms with Gasteiger partial charge in [-0.1, -0.05) is 0 Å². The van der Waals surface area contributed by atoms with Crippen LogP contribution in [0, 0.1) is 6.92 Å². The van der Waals surface area contributed by atoms with Crippen molar-refractivity contribution in [3.63, 3.8) is 0 Å². The molecule has 0 aliphatic carbocycles. The van der Waals surface area contributed by atoms with Crippen LogP contribution in [0.25, 0.3) is 0 Å². The van der Waals surface area contributed by atoms with Gasteiger partial charge in [-0.05, 0) is 18.6 Å². The zero-order valence-corrected chi connectivity index (χ0v) is 12.0. The van der Waals surface area contributed by atoms with Crippen molar-refractivity contribution < 1.29 is 9.90 Å². The lowest BCUT2D eigenvalue weighted by atomic mass is 10.1. The number of nitrogens with zero attached hydrogens (tertiary/aromatic N) is 3. The van der Waals surface area contributed by atoms with E-state index in [1.54, 1.807) is 18.5 Å². The Morgan fingerprint density at radius 3 is 2.85 bits per heavy atom. The van der Waals surface area contributed by atoms with Gasteiger partial charge in [-0.25, -0.2) is 4.79 Å². The molecule has 0 bridgehead atoms. The maximum Gasteiger partial charge on any atom is 0.345 e. The van der Waals surface area contributed by atoms with E-state index in [9.17, 15) is 4.79 Å². The molecular formula is C14H15N3O2S. The minimum Gasteiger partial charge on any atom is -0.477 e. The van der Waals surface area contributed by atoms with Crippen LogP contribution in [0.15, 0.2) is 18.5 Å². The molecule has 2 aromatic rings. The summed E-state index contributed by atoms with van der Waals surface area (Å²) < 4.78 is 0. The first kappa shape index (κ1) is 13.2. The number of carboxylic acid groups (broad SMARTS) is 1. The molecular weight excluding hydrogens is 274 g/mol. The summed E-state index contributed by atoms with van der Waals surface area (Å²) in [6.07, 6.45) is 4.36. The van der Waals surface area contributed by atoms with Crippen LogP contribution in [0.5, 0.6) is 0 Å². The van der Waals surface area contributed by atoms with Crippen LogP contribution in [0.1, 0.15) is 31.5 Å². The number of hydrogen-bond donors (Lipinski definition) is 1. The van der Waals surface area contributed by atoms with E-state index in [4.69, 9.17) is 5.11 Å². The van der Waals surface area contributed by atoms with Gasteiger partial charge in [0.05, 0.1) is 11.4 Å². The Hall–Kier alpha value is -1.79. The van der Waals surface area contributed by atoms with Gasteiger partial charge in [-0.2, -0.15) is 0 Å². The predicted octanol–water partition coefficient (Wildman–Crippen LogP) is 2.10. The Labute approximate surface area is 120 Å². The molecule has 0 saturated carbocycles. The van der Waals surface area contributed by atoms with Crippen LogP contribution >= 0.6 is 11.3 Å². The van der Waals surface area contributed by atoms with Gasteiger partial charge < -0.3 is 5.11 Å². The van der Waals surface area contributed by atoms with Crippen molar-refractivity contribution in [2.45, 2.75) is 26.4 Å². The molecule has 20 heavy (non-hydrogen) atoms. The normalized spacial score (nSPS) is 15.1. The molecule has 1 N–H and O–H groups in total. The molecule has 0 atom stereocenters. The second-order valence-electron chi connectivity index (χ2n) is 4.91. The molecule has 104 valence electrons. The summed E-state index contributed by atoms with van der Waals surface area (Å²) in [7, 11) is 0. The van der Waals surface area contributed by atoms with Crippen molar-refractivity contribution in [3.8, 4) is 0 Å². The minimum atomic E-state index is -0.848. The fourth-order valence-corrected chi connectivity index (χ4v) is 3.32. The molecule has 3 heterocycles. The molecule has 0 radical (unpaired) electrons. The number of thiophene rings is 1. The molecule has 6 heteroatoms. The lowest BCUT2D eigenvalue weighted by Crippen LogP contribution is -2.31. The van der Waals surface area contributed by atoms with E-state index in [0.717, 1.165) is 47.9 Å². The molecule has 0 aromatic carbocycles. The molecule has 0 spiro atoms. The van der Waals surface area contributed by atoms with Gasteiger partial charge in [-0.3, -0.25) is 14.9 Å². The number of aromatic carboxylic acids is 1. The first-order valence-corrected chi connectivity index (χ1v) is 7.29. The van der Waals surface area contributed by atoms with Crippen molar-refractivity contribution in [2.24, 2.45) is 0 Å². The van der Waals surface area contributed by atoms with E-state index in [2.05, 4.69) is 14.9 Å². The predicted molar refractivity (Wildman–Crippen MR) is 75.9 cm³/mol. The number of aryl methyl sites for hydroxylation is 1. The fraction of sp³-hybridized carbons (Fsp3) is 0.357. The molecule has 5 nitrogen and oxygen atoms in total. The zero-order chi connectivity index (χ0) is 14.1. The summed E-state index contributed by atoms with van der Waals surface area (Å²) in [6.45, 7) is 4.46. The summed E-state index contributed by atoms with van der Waals surface area (Å²) in [5.41, 5.74) is 3.21. The first-order valence-electron chi connectivity index (χ1n) is 6.47. The van der Waals surface area contributed by atoms with E-state index >= 15 is 0 Å². The van der Waals surface area contributed by atoms with Crippen LogP contribution in [0.4, 0.5) is 0 Å². The standard InChI is InChI=1S/C14H15N3O2S/c1-9-10(6-13(20-9)14(18)19)7-17-5-2-11-12(8-17)16-4-3-15-11/h3-4,6H,2,5,7-8H2,1H3,(H,18,19). The van der Waals surface area contributed by atoms with Crippen molar-refractivity contribution in [1.29, 1.82) is 0 Å². The van der Waals surface area contributed by atoms with Crippen LogP contribution in [-0.2, 0) is 19.5 Å². The summed E-state index contributed by atoms with van der Waals surface area (Å²) in [5.74, 6) is -0.848. The molecule has 0 unspecified atom stereocenters. The molecule has 0 amide bonds. The van der Waals surface area contributed by atoms with Gasteiger partial charge in [0.1, 0.15) is 4.88 Å². The third-order valence-electron chi connectivity index (χ3n) is 3.52. The highest BCUT2D eigenvalue weighted by atomic mass is 32.1. The number of carbonyl (C=O) groups is 1. The van der Waals surface area contributed by atoms with Gasteiger partial charge in [0.2, 0.25) is 0 Å². The smallest absolute Gasteiger partial charge is 0.345 e. The third kappa shape index (κ3) is 2.57. The van der Waals surface area contributed by atoms with Gasteiger partial charge in [0.25, 0.3) is 0 Å². The Balaban J connectivity index is 1.75. The third-order valence-corrected chi connectivity index (χ3v) is 4.60. The lowest BCUT2D eigenvalue weighted by molar-refractivity contribution is 0.0702. The number of rotatable bonds is 3. The highest BCUT2D eigenvalue weighted by Gasteiger charge is 2.20. The van der Waals surface area contributed by atoms with Crippen LogP contribution in [-0.4, -0.2) is 32.5 Å². The summed E-state index contributed by atoms with van der Waals surface area (Å²) >= 11 is 1.34. The maximum atomic E-state index is 11.0. The fourth-order valence-electron chi connectivity index (χ4n) is 2.45. The van der Waals surface area contributed by atoms with E-state index in [0.29, 0.717) is 4.88 Å². The Morgan fingerprint density at radius 1 is 1.40 bits per heavy atom. The topological polar surface area (TPSA) is 66.3 Å². The van der Waals surface area contributed by atoms with Crippen molar-refractivity contribution in [2.75, 3.05) is 6.54 Å². The van der Waals surface area contributed by atoms with E-state index in [1.807, 2.05) is 6.92 Å². The summed E-state index contributed by atoms with van der Waals surface area (Å²) in [5, 5.41) is 9.04. The average Bonchev–Trinajstić information content (AvgIpc) is 2.80. The SMILES string of the molecule is Cc1sc(C(=O)O)cc1CN1CCc2nccnc2C1. The zero-order valence-electron chi connectivity index (χ0n) is 11.2. The highest BCUT2D eigenvalue weighted by molar-refractivity contribution is 7.14. The van der Waals surface area contributed by atoms with Crippen LogP contribution in [0.3, 0.4) is 0 Å². The minimum absolute atomic E-state index is 0.412. The Kier molecular flexibility index (Phi) is 3.50. The largest absolute Gasteiger partial charge is 0.477 e. The first-order chi connectivity index (χ1) is 9.63. The second kappa shape index (κ2) is 5.30. The number of hydrogen-bond acceptors (Lipinski definition) is 5. The Morgan fingerprint density at radius 2 is 2.15 bits per heavy atom. The van der Waals surface area contributed by atoms with Crippen LogP contribution < -0.4 is 0 Å². The molecule has 0 fully saturated rings. The maximum absolute atomic E-state index is 11.0. The van der Waals surface area contributed by atoms with Crippen molar-refractivity contribution >= 4 is 17.3 Å². The summed E-state index contributed by atoms with van der Waals surface area (Å²) in [4.78, 5) is 23.5.